The first-order valence-electron chi connectivity index (χ1n) is 5.00. The van der Waals surface area contributed by atoms with Crippen molar-refractivity contribution in [1.29, 1.82) is 0 Å². The van der Waals surface area contributed by atoms with Crippen molar-refractivity contribution in [3.63, 3.8) is 0 Å². The fourth-order valence-corrected chi connectivity index (χ4v) is 1.71. The van der Waals surface area contributed by atoms with Crippen LogP contribution in [0.5, 0.6) is 5.75 Å². The number of hydrogen-bond acceptors (Lipinski definition) is 5. The third-order valence-electron chi connectivity index (χ3n) is 2.08. The van der Waals surface area contributed by atoms with E-state index in [-0.39, 0.29) is 11.9 Å². The highest BCUT2D eigenvalue weighted by Crippen LogP contribution is 2.23. The maximum atomic E-state index is 9.74. The van der Waals surface area contributed by atoms with Crippen LogP contribution in [0, 0.1) is 0 Å². The van der Waals surface area contributed by atoms with Crippen molar-refractivity contribution in [1.82, 2.24) is 14.5 Å². The zero-order valence-electron chi connectivity index (χ0n) is 9.50. The monoisotopic (exact) mass is 311 g/mol. The first-order valence-corrected chi connectivity index (χ1v) is 5.79. The number of aryl methyl sites for hydroxylation is 1. The van der Waals surface area contributed by atoms with Gasteiger partial charge in [-0.1, -0.05) is 6.92 Å². The van der Waals surface area contributed by atoms with Crippen molar-refractivity contribution in [2.75, 3.05) is 0 Å². The van der Waals surface area contributed by atoms with Gasteiger partial charge in [0, 0.05) is 29.5 Å². The number of imidazole rings is 1. The summed E-state index contributed by atoms with van der Waals surface area (Å²) in [7, 11) is 0. The third kappa shape index (κ3) is 3.26. The van der Waals surface area contributed by atoms with Crippen LogP contribution >= 0.6 is 15.9 Å². The Kier molecular flexibility index (Phi) is 5.23. The zero-order valence-corrected chi connectivity index (χ0v) is 11.1. The maximum Gasteiger partial charge on any atom is 0.373 e. The highest BCUT2D eigenvalue weighted by molar-refractivity contribution is 9.10. The standard InChI is InChI=1S/C10H10BrN3O.CO2/c1-2-9-12-3-4-14(9)10-8(15)5-7(11)6-13-10;2-1-3/h3-6,15H,2H2,1H3;. The lowest BCUT2D eigenvalue weighted by Gasteiger charge is -2.07. The number of hydrogen-bond donors (Lipinski definition) is 1. The molecule has 0 radical (unpaired) electrons. The van der Waals surface area contributed by atoms with Crippen LogP contribution in [0.3, 0.4) is 0 Å². The Hall–Kier alpha value is -1.98. The molecule has 0 aliphatic carbocycles. The Morgan fingerprint density at radius 3 is 2.67 bits per heavy atom. The Morgan fingerprint density at radius 2 is 2.11 bits per heavy atom. The van der Waals surface area contributed by atoms with Gasteiger partial charge in [0.2, 0.25) is 0 Å². The summed E-state index contributed by atoms with van der Waals surface area (Å²) >= 11 is 3.25. The highest BCUT2D eigenvalue weighted by atomic mass is 79.9. The molecule has 0 bridgehead atoms. The van der Waals surface area contributed by atoms with Gasteiger partial charge in [0.05, 0.1) is 0 Å². The minimum absolute atomic E-state index is 0.136. The van der Waals surface area contributed by atoms with Crippen molar-refractivity contribution in [2.24, 2.45) is 0 Å². The molecule has 1 N–H and O–H groups in total. The van der Waals surface area contributed by atoms with E-state index in [4.69, 9.17) is 9.59 Å². The predicted molar refractivity (Wildman–Crippen MR) is 65.1 cm³/mol. The Balaban J connectivity index is 0.000000492. The molecule has 0 amide bonds. The van der Waals surface area contributed by atoms with Crippen LogP contribution in [0.25, 0.3) is 5.82 Å². The van der Waals surface area contributed by atoms with Crippen LogP contribution < -0.4 is 0 Å². The summed E-state index contributed by atoms with van der Waals surface area (Å²) in [5.41, 5.74) is 0. The van der Waals surface area contributed by atoms with E-state index in [0.29, 0.717) is 5.82 Å². The van der Waals surface area contributed by atoms with Crippen LogP contribution in [0.1, 0.15) is 12.7 Å². The molecule has 7 heteroatoms. The average Bonchev–Trinajstić information content (AvgIpc) is 2.78. The maximum absolute atomic E-state index is 9.74. The summed E-state index contributed by atoms with van der Waals surface area (Å²) in [6, 6.07) is 1.61. The molecule has 2 rings (SSSR count). The number of nitrogens with zero attached hydrogens (tertiary/aromatic N) is 3. The summed E-state index contributed by atoms with van der Waals surface area (Å²) in [6.45, 7) is 2.01. The molecule has 0 fully saturated rings. The first-order chi connectivity index (χ1) is 8.63. The number of carbonyl (C=O) groups excluding carboxylic acids is 2. The highest BCUT2D eigenvalue weighted by Gasteiger charge is 2.09. The lowest BCUT2D eigenvalue weighted by Crippen LogP contribution is -2.01. The molecule has 2 heterocycles. The third-order valence-corrected chi connectivity index (χ3v) is 2.51. The van der Waals surface area contributed by atoms with E-state index in [0.717, 1.165) is 16.7 Å². The summed E-state index contributed by atoms with van der Waals surface area (Å²) < 4.78 is 2.53. The van der Waals surface area contributed by atoms with Gasteiger partial charge in [-0.05, 0) is 22.0 Å². The molecule has 0 aliphatic rings. The van der Waals surface area contributed by atoms with Gasteiger partial charge < -0.3 is 5.11 Å². The quantitative estimate of drug-likeness (QED) is 0.912. The van der Waals surface area contributed by atoms with Crippen LogP contribution in [0.4, 0.5) is 0 Å². The molecule has 0 aromatic carbocycles. The second-order valence-electron chi connectivity index (χ2n) is 3.15. The van der Waals surface area contributed by atoms with Gasteiger partial charge in [0.15, 0.2) is 11.6 Å². The normalized spacial score (nSPS) is 9.22. The lowest BCUT2D eigenvalue weighted by molar-refractivity contribution is -0.191. The molecule has 2 aromatic rings. The second kappa shape index (κ2) is 6.68. The molecule has 0 atom stereocenters. The fraction of sp³-hybridized carbons (Fsp3) is 0.182. The summed E-state index contributed by atoms with van der Waals surface area (Å²) in [5, 5.41) is 9.74. The molecule has 0 spiro atoms. The number of aromatic nitrogens is 3. The van der Waals surface area contributed by atoms with E-state index in [2.05, 4.69) is 25.9 Å². The van der Waals surface area contributed by atoms with Gasteiger partial charge in [0.25, 0.3) is 0 Å². The first kappa shape index (κ1) is 14.1. The smallest absolute Gasteiger partial charge is 0.373 e. The molecule has 6 nitrogen and oxygen atoms in total. The number of halogens is 1. The molecule has 94 valence electrons. The minimum Gasteiger partial charge on any atom is -0.504 e. The van der Waals surface area contributed by atoms with Crippen LogP contribution in [-0.2, 0) is 16.0 Å². The predicted octanol–water partition coefficient (Wildman–Crippen LogP) is 1.71. The van der Waals surface area contributed by atoms with E-state index in [1.165, 1.54) is 0 Å². The Morgan fingerprint density at radius 1 is 1.44 bits per heavy atom. The molecule has 0 saturated carbocycles. The molecule has 0 aliphatic heterocycles. The average molecular weight is 312 g/mol. The van der Waals surface area contributed by atoms with Gasteiger partial charge in [-0.3, -0.25) is 4.57 Å². The molecular formula is C11H10BrN3O3. The van der Waals surface area contributed by atoms with Crippen molar-refractivity contribution in [3.05, 3.63) is 35.0 Å². The molecule has 18 heavy (non-hydrogen) atoms. The summed E-state index contributed by atoms with van der Waals surface area (Å²) in [5.74, 6) is 1.52. The number of rotatable bonds is 2. The largest absolute Gasteiger partial charge is 0.504 e. The van der Waals surface area contributed by atoms with Crippen molar-refractivity contribution >= 4 is 22.1 Å². The SMILES string of the molecule is CCc1nccn1-c1ncc(Br)cc1O.O=C=O. The molecule has 0 unspecified atom stereocenters. The zero-order chi connectivity index (χ0) is 13.5. The van der Waals surface area contributed by atoms with Crippen molar-refractivity contribution in [2.45, 2.75) is 13.3 Å². The van der Waals surface area contributed by atoms with Gasteiger partial charge >= 0.3 is 6.15 Å². The van der Waals surface area contributed by atoms with Crippen LogP contribution in [0.15, 0.2) is 29.1 Å². The molecule has 0 saturated heterocycles. The van der Waals surface area contributed by atoms with E-state index in [1.54, 1.807) is 29.2 Å². The Bertz CT molecular complexity index is 562. The molecule has 2 aromatic heterocycles. The van der Waals surface area contributed by atoms with Crippen LogP contribution in [0.2, 0.25) is 0 Å². The summed E-state index contributed by atoms with van der Waals surface area (Å²) in [4.78, 5) is 24.6. The van der Waals surface area contributed by atoms with Gasteiger partial charge in [-0.2, -0.15) is 9.59 Å². The van der Waals surface area contributed by atoms with E-state index in [9.17, 15) is 5.11 Å². The minimum atomic E-state index is 0.136. The van der Waals surface area contributed by atoms with Gasteiger partial charge in [0.1, 0.15) is 5.82 Å². The van der Waals surface area contributed by atoms with Crippen molar-refractivity contribution < 1.29 is 14.7 Å². The van der Waals surface area contributed by atoms with E-state index in [1.807, 2.05) is 6.92 Å². The number of aromatic hydroxyl groups is 1. The van der Waals surface area contributed by atoms with E-state index < -0.39 is 0 Å². The second-order valence-corrected chi connectivity index (χ2v) is 4.06. The van der Waals surface area contributed by atoms with Crippen LogP contribution in [-0.4, -0.2) is 25.8 Å². The van der Waals surface area contributed by atoms with Gasteiger partial charge in [-0.25, -0.2) is 9.97 Å². The van der Waals surface area contributed by atoms with Crippen molar-refractivity contribution in [3.8, 4) is 11.6 Å². The summed E-state index contributed by atoms with van der Waals surface area (Å²) in [6.07, 6.45) is 6.18. The number of pyridine rings is 1. The fourth-order valence-electron chi connectivity index (χ4n) is 1.40. The lowest BCUT2D eigenvalue weighted by atomic mass is 10.4. The molecular weight excluding hydrogens is 302 g/mol. The van der Waals surface area contributed by atoms with E-state index >= 15 is 0 Å². The van der Waals surface area contributed by atoms with Gasteiger partial charge in [-0.15, -0.1) is 0 Å². The Labute approximate surface area is 111 Å². The topological polar surface area (TPSA) is 85.1 Å².